The number of carboxylic acids is 1. The number of aliphatic carboxylic acids is 1. The van der Waals surface area contributed by atoms with Crippen LogP contribution in [0, 0.1) is 6.92 Å². The third-order valence-corrected chi connectivity index (χ3v) is 6.31. The third-order valence-electron chi connectivity index (χ3n) is 6.31. The first-order chi connectivity index (χ1) is 16.5. The number of amides is 1. The summed E-state index contributed by atoms with van der Waals surface area (Å²) in [6, 6.07) is 27.0. The van der Waals surface area contributed by atoms with E-state index in [1.807, 2.05) is 30.3 Å². The smallest absolute Gasteiger partial charge is 0.303 e. The lowest BCUT2D eigenvalue weighted by Gasteiger charge is -2.18. The third kappa shape index (κ3) is 8.51. The second kappa shape index (κ2) is 13.3. The molecular weight excluding hydrogens is 422 g/mol. The average molecular weight is 458 g/mol. The first kappa shape index (κ1) is 25.2. The molecule has 1 amide bonds. The summed E-state index contributed by atoms with van der Waals surface area (Å²) in [5.41, 5.74) is 6.05. The molecule has 2 N–H and O–H groups in total. The Kier molecular flexibility index (Phi) is 9.90. The molecule has 178 valence electrons. The summed E-state index contributed by atoms with van der Waals surface area (Å²) >= 11 is 0. The van der Waals surface area contributed by atoms with Crippen LogP contribution >= 0.6 is 0 Å². The molecule has 4 nitrogen and oxygen atoms in total. The SMILES string of the molecule is Cc1ccccc1CCNC(=O)Cc1ccc(CC(CCCCC(=O)O)c2ccccc2)cc1. The topological polar surface area (TPSA) is 66.4 Å². The standard InChI is InChI=1S/C30H35NO3/c1-23-9-5-6-10-26(23)19-20-31-29(32)22-25-17-15-24(16-18-25)21-28(13-7-8-14-30(33)34)27-11-3-2-4-12-27/h2-6,9-12,15-18,28H,7-8,13-14,19-22H2,1H3,(H,31,32)(H,33,34). The summed E-state index contributed by atoms with van der Waals surface area (Å²) in [5, 5.41) is 11.9. The van der Waals surface area contributed by atoms with Gasteiger partial charge < -0.3 is 10.4 Å². The summed E-state index contributed by atoms with van der Waals surface area (Å²) in [6.45, 7) is 2.74. The molecule has 3 aromatic carbocycles. The number of carbonyl (C=O) groups excluding carboxylic acids is 1. The molecule has 4 heteroatoms. The monoisotopic (exact) mass is 457 g/mol. The minimum absolute atomic E-state index is 0.0435. The van der Waals surface area contributed by atoms with E-state index in [1.165, 1.54) is 22.3 Å². The van der Waals surface area contributed by atoms with E-state index >= 15 is 0 Å². The normalized spacial score (nSPS) is 11.7. The van der Waals surface area contributed by atoms with Gasteiger partial charge >= 0.3 is 5.97 Å². The fourth-order valence-electron chi connectivity index (χ4n) is 4.33. The van der Waals surface area contributed by atoms with Crippen LogP contribution in [0.15, 0.2) is 78.9 Å². The van der Waals surface area contributed by atoms with Crippen molar-refractivity contribution in [1.29, 1.82) is 0 Å². The number of aryl methyl sites for hydroxylation is 1. The first-order valence-corrected chi connectivity index (χ1v) is 12.2. The van der Waals surface area contributed by atoms with Gasteiger partial charge in [0.15, 0.2) is 0 Å². The van der Waals surface area contributed by atoms with Crippen LogP contribution in [0.1, 0.15) is 59.4 Å². The van der Waals surface area contributed by atoms with Crippen LogP contribution in [-0.2, 0) is 28.9 Å². The Labute approximate surface area is 203 Å². The molecule has 0 bridgehead atoms. The molecule has 0 fully saturated rings. The number of unbranched alkanes of at least 4 members (excludes halogenated alkanes) is 1. The average Bonchev–Trinajstić information content (AvgIpc) is 2.84. The molecule has 0 saturated carbocycles. The molecular formula is C30H35NO3. The van der Waals surface area contributed by atoms with Crippen molar-refractivity contribution in [2.45, 2.75) is 57.8 Å². The number of benzene rings is 3. The van der Waals surface area contributed by atoms with E-state index in [9.17, 15) is 9.59 Å². The van der Waals surface area contributed by atoms with Crippen LogP contribution in [0.3, 0.4) is 0 Å². The second-order valence-corrected chi connectivity index (χ2v) is 8.97. The van der Waals surface area contributed by atoms with Gasteiger partial charge in [-0.1, -0.05) is 85.3 Å². The van der Waals surface area contributed by atoms with Crippen LogP contribution in [0.5, 0.6) is 0 Å². The van der Waals surface area contributed by atoms with Gasteiger partial charge in [0.1, 0.15) is 0 Å². The molecule has 0 saturated heterocycles. The second-order valence-electron chi connectivity index (χ2n) is 8.97. The Morgan fingerprint density at radius 3 is 2.24 bits per heavy atom. The van der Waals surface area contributed by atoms with Crippen molar-refractivity contribution < 1.29 is 14.7 Å². The zero-order valence-electron chi connectivity index (χ0n) is 20.0. The number of hydrogen-bond donors (Lipinski definition) is 2. The minimum Gasteiger partial charge on any atom is -0.481 e. The maximum Gasteiger partial charge on any atom is 0.303 e. The lowest BCUT2D eigenvalue weighted by molar-refractivity contribution is -0.137. The van der Waals surface area contributed by atoms with Gasteiger partial charge in [-0.2, -0.15) is 0 Å². The summed E-state index contributed by atoms with van der Waals surface area (Å²) in [4.78, 5) is 23.2. The quantitative estimate of drug-likeness (QED) is 0.316. The molecule has 0 radical (unpaired) electrons. The molecule has 34 heavy (non-hydrogen) atoms. The molecule has 1 atom stereocenters. The van der Waals surface area contributed by atoms with E-state index < -0.39 is 5.97 Å². The van der Waals surface area contributed by atoms with Gasteiger partial charge in [0, 0.05) is 13.0 Å². The van der Waals surface area contributed by atoms with Crippen LogP contribution in [0.25, 0.3) is 0 Å². The summed E-state index contributed by atoms with van der Waals surface area (Å²) in [6.07, 6.45) is 4.91. The largest absolute Gasteiger partial charge is 0.481 e. The van der Waals surface area contributed by atoms with Gasteiger partial charge in [0.25, 0.3) is 0 Å². The van der Waals surface area contributed by atoms with Crippen molar-refractivity contribution in [2.24, 2.45) is 0 Å². The van der Waals surface area contributed by atoms with Crippen molar-refractivity contribution in [2.75, 3.05) is 6.54 Å². The van der Waals surface area contributed by atoms with Crippen LogP contribution in [0.2, 0.25) is 0 Å². The van der Waals surface area contributed by atoms with Gasteiger partial charge in [-0.05, 0) is 66.3 Å². The fraction of sp³-hybridized carbons (Fsp3) is 0.333. The lowest BCUT2D eigenvalue weighted by atomic mass is 9.87. The van der Waals surface area contributed by atoms with E-state index in [-0.39, 0.29) is 12.3 Å². The van der Waals surface area contributed by atoms with E-state index in [0.29, 0.717) is 25.3 Å². The Morgan fingerprint density at radius 2 is 1.53 bits per heavy atom. The van der Waals surface area contributed by atoms with E-state index in [1.54, 1.807) is 0 Å². The Hall–Kier alpha value is -3.40. The molecule has 0 spiro atoms. The molecule has 0 aliphatic carbocycles. The highest BCUT2D eigenvalue weighted by atomic mass is 16.4. The minimum atomic E-state index is -0.730. The molecule has 1 unspecified atom stereocenters. The molecule has 3 rings (SSSR count). The van der Waals surface area contributed by atoms with Crippen molar-refractivity contribution >= 4 is 11.9 Å². The van der Waals surface area contributed by atoms with E-state index in [0.717, 1.165) is 31.2 Å². The molecule has 0 heterocycles. The molecule has 0 aromatic heterocycles. The lowest BCUT2D eigenvalue weighted by Crippen LogP contribution is -2.27. The number of hydrogen-bond acceptors (Lipinski definition) is 2. The van der Waals surface area contributed by atoms with Gasteiger partial charge in [-0.3, -0.25) is 9.59 Å². The highest BCUT2D eigenvalue weighted by Gasteiger charge is 2.13. The van der Waals surface area contributed by atoms with Crippen molar-refractivity contribution in [3.05, 3.63) is 107 Å². The highest BCUT2D eigenvalue weighted by Crippen LogP contribution is 2.27. The zero-order valence-corrected chi connectivity index (χ0v) is 20.0. The first-order valence-electron chi connectivity index (χ1n) is 12.2. The van der Waals surface area contributed by atoms with Crippen LogP contribution in [-0.4, -0.2) is 23.5 Å². The van der Waals surface area contributed by atoms with Crippen molar-refractivity contribution in [3.8, 4) is 0 Å². The van der Waals surface area contributed by atoms with Crippen molar-refractivity contribution in [3.63, 3.8) is 0 Å². The van der Waals surface area contributed by atoms with Crippen LogP contribution < -0.4 is 5.32 Å². The van der Waals surface area contributed by atoms with Gasteiger partial charge in [0.2, 0.25) is 5.91 Å². The number of rotatable bonds is 13. The van der Waals surface area contributed by atoms with Gasteiger partial charge in [0.05, 0.1) is 6.42 Å². The number of carbonyl (C=O) groups is 2. The maximum atomic E-state index is 12.4. The zero-order chi connectivity index (χ0) is 24.2. The summed E-state index contributed by atoms with van der Waals surface area (Å²) in [5.74, 6) is -0.335. The number of nitrogens with one attached hydrogen (secondary N) is 1. The predicted molar refractivity (Wildman–Crippen MR) is 137 cm³/mol. The van der Waals surface area contributed by atoms with Crippen LogP contribution in [0.4, 0.5) is 0 Å². The van der Waals surface area contributed by atoms with E-state index in [4.69, 9.17) is 5.11 Å². The molecule has 0 aliphatic rings. The molecule has 0 aliphatic heterocycles. The Morgan fingerprint density at radius 1 is 0.853 bits per heavy atom. The molecule has 3 aromatic rings. The van der Waals surface area contributed by atoms with E-state index in [2.05, 4.69) is 60.8 Å². The highest BCUT2D eigenvalue weighted by molar-refractivity contribution is 5.78. The van der Waals surface area contributed by atoms with Gasteiger partial charge in [-0.25, -0.2) is 0 Å². The number of carboxylic acid groups (broad SMARTS) is 1. The predicted octanol–water partition coefficient (Wildman–Crippen LogP) is 5.87. The van der Waals surface area contributed by atoms with Crippen molar-refractivity contribution in [1.82, 2.24) is 5.32 Å². The Bertz CT molecular complexity index is 1040. The van der Waals surface area contributed by atoms with Gasteiger partial charge in [-0.15, -0.1) is 0 Å². The maximum absolute atomic E-state index is 12.4. The summed E-state index contributed by atoms with van der Waals surface area (Å²) in [7, 11) is 0. The Balaban J connectivity index is 1.50. The summed E-state index contributed by atoms with van der Waals surface area (Å²) < 4.78 is 0. The fourth-order valence-corrected chi connectivity index (χ4v) is 4.33.